The van der Waals surface area contributed by atoms with Gasteiger partial charge in [-0.25, -0.2) is 0 Å². The molecule has 0 aliphatic carbocycles. The lowest BCUT2D eigenvalue weighted by Crippen LogP contribution is -2.47. The molecule has 2 N–H and O–H groups in total. The summed E-state index contributed by atoms with van der Waals surface area (Å²) < 4.78 is 0. The smallest absolute Gasteiger partial charge is 0.225 e. The molecule has 1 heterocycles. The van der Waals surface area contributed by atoms with Gasteiger partial charge < -0.3 is 15.5 Å². The summed E-state index contributed by atoms with van der Waals surface area (Å²) in [4.78, 5) is 16.5. The van der Waals surface area contributed by atoms with Crippen LogP contribution in [0.3, 0.4) is 0 Å². The Kier molecular flexibility index (Phi) is 5.92. The Hall–Kier alpha value is -0.610. The first-order valence-corrected chi connectivity index (χ1v) is 6.79. The van der Waals surface area contributed by atoms with Crippen molar-refractivity contribution in [1.29, 1.82) is 0 Å². The van der Waals surface area contributed by atoms with Gasteiger partial charge in [-0.15, -0.1) is 0 Å². The summed E-state index contributed by atoms with van der Waals surface area (Å²) in [5.41, 5.74) is 5.50. The van der Waals surface area contributed by atoms with Crippen molar-refractivity contribution in [2.75, 3.05) is 33.2 Å². The summed E-state index contributed by atoms with van der Waals surface area (Å²) in [7, 11) is 1.95. The SMILES string of the molecule is CCN1CCC(N(C)C(=O)C(C)CCN)CC1. The van der Waals surface area contributed by atoms with E-state index in [1.807, 2.05) is 18.9 Å². The molecule has 1 atom stereocenters. The fraction of sp³-hybridized carbons (Fsp3) is 0.923. The summed E-state index contributed by atoms with van der Waals surface area (Å²) in [6.07, 6.45) is 2.99. The van der Waals surface area contributed by atoms with Crippen molar-refractivity contribution < 1.29 is 4.79 Å². The Labute approximate surface area is 105 Å². The lowest BCUT2D eigenvalue weighted by molar-refractivity contribution is -0.136. The first kappa shape index (κ1) is 14.5. The Morgan fingerprint density at radius 1 is 1.47 bits per heavy atom. The highest BCUT2D eigenvalue weighted by molar-refractivity contribution is 5.78. The molecule has 4 heteroatoms. The summed E-state index contributed by atoms with van der Waals surface area (Å²) >= 11 is 0. The molecule has 1 saturated heterocycles. The fourth-order valence-electron chi connectivity index (χ4n) is 2.52. The number of nitrogens with zero attached hydrogens (tertiary/aromatic N) is 2. The molecule has 1 aliphatic heterocycles. The molecule has 0 bridgehead atoms. The average Bonchev–Trinajstić information content (AvgIpc) is 2.37. The molecule has 1 rings (SSSR count). The predicted octanol–water partition coefficient (Wildman–Crippen LogP) is 0.914. The van der Waals surface area contributed by atoms with Crippen molar-refractivity contribution in [2.45, 2.75) is 39.2 Å². The van der Waals surface area contributed by atoms with Crippen LogP contribution in [0.25, 0.3) is 0 Å². The largest absolute Gasteiger partial charge is 0.342 e. The molecule has 100 valence electrons. The van der Waals surface area contributed by atoms with Crippen molar-refractivity contribution in [3.63, 3.8) is 0 Å². The zero-order valence-electron chi connectivity index (χ0n) is 11.5. The molecule has 0 aromatic rings. The third kappa shape index (κ3) is 3.96. The van der Waals surface area contributed by atoms with Crippen molar-refractivity contribution in [1.82, 2.24) is 9.80 Å². The van der Waals surface area contributed by atoms with E-state index in [0.29, 0.717) is 12.6 Å². The van der Waals surface area contributed by atoms with Crippen molar-refractivity contribution in [3.8, 4) is 0 Å². The summed E-state index contributed by atoms with van der Waals surface area (Å²) in [6, 6.07) is 0.422. The standard InChI is InChI=1S/C13H27N3O/c1-4-16-9-6-12(7-10-16)15(3)13(17)11(2)5-8-14/h11-12H,4-10,14H2,1-3H3. The number of piperidine rings is 1. The molecule has 0 saturated carbocycles. The van der Waals surface area contributed by atoms with Gasteiger partial charge in [-0.05, 0) is 32.4 Å². The topological polar surface area (TPSA) is 49.6 Å². The van der Waals surface area contributed by atoms with E-state index >= 15 is 0 Å². The van der Waals surface area contributed by atoms with Crippen LogP contribution >= 0.6 is 0 Å². The van der Waals surface area contributed by atoms with E-state index in [1.54, 1.807) is 0 Å². The van der Waals surface area contributed by atoms with Gasteiger partial charge in [0.2, 0.25) is 5.91 Å². The maximum atomic E-state index is 12.1. The zero-order valence-corrected chi connectivity index (χ0v) is 11.5. The molecule has 0 aromatic carbocycles. The lowest BCUT2D eigenvalue weighted by atomic mass is 10.0. The third-order valence-corrected chi connectivity index (χ3v) is 3.92. The van der Waals surface area contributed by atoms with Gasteiger partial charge in [-0.1, -0.05) is 13.8 Å². The van der Waals surface area contributed by atoms with Crippen LogP contribution < -0.4 is 5.73 Å². The number of hydrogen-bond acceptors (Lipinski definition) is 3. The van der Waals surface area contributed by atoms with Gasteiger partial charge in [-0.3, -0.25) is 4.79 Å². The van der Waals surface area contributed by atoms with E-state index < -0.39 is 0 Å². The minimum atomic E-state index is 0.0641. The zero-order chi connectivity index (χ0) is 12.8. The number of nitrogens with two attached hydrogens (primary N) is 1. The van der Waals surface area contributed by atoms with Crippen LogP contribution in [0, 0.1) is 5.92 Å². The van der Waals surface area contributed by atoms with Gasteiger partial charge >= 0.3 is 0 Å². The summed E-state index contributed by atoms with van der Waals surface area (Å²) in [6.45, 7) is 8.11. The lowest BCUT2D eigenvalue weighted by Gasteiger charge is -2.37. The minimum absolute atomic E-state index is 0.0641. The summed E-state index contributed by atoms with van der Waals surface area (Å²) in [5.74, 6) is 0.319. The fourth-order valence-corrected chi connectivity index (χ4v) is 2.52. The Balaban J connectivity index is 2.42. The highest BCUT2D eigenvalue weighted by Gasteiger charge is 2.26. The Morgan fingerprint density at radius 2 is 2.06 bits per heavy atom. The number of likely N-dealkylation sites (tertiary alicyclic amines) is 1. The van der Waals surface area contributed by atoms with Crippen molar-refractivity contribution in [3.05, 3.63) is 0 Å². The maximum absolute atomic E-state index is 12.1. The van der Waals surface area contributed by atoms with Gasteiger partial charge in [0.05, 0.1) is 0 Å². The molecule has 1 amide bonds. The number of amides is 1. The van der Waals surface area contributed by atoms with Gasteiger partial charge in [0.15, 0.2) is 0 Å². The Morgan fingerprint density at radius 3 is 2.53 bits per heavy atom. The number of rotatable bonds is 5. The quantitative estimate of drug-likeness (QED) is 0.778. The molecular weight excluding hydrogens is 214 g/mol. The molecule has 4 nitrogen and oxygen atoms in total. The number of carbonyl (C=O) groups is 1. The van der Waals surface area contributed by atoms with E-state index in [4.69, 9.17) is 5.73 Å². The molecule has 1 unspecified atom stereocenters. The van der Waals surface area contributed by atoms with E-state index in [9.17, 15) is 4.79 Å². The number of hydrogen-bond donors (Lipinski definition) is 1. The monoisotopic (exact) mass is 241 g/mol. The first-order chi connectivity index (χ1) is 8.10. The second-order valence-electron chi connectivity index (χ2n) is 5.09. The van der Waals surface area contributed by atoms with Crippen LogP contribution in [-0.4, -0.2) is 55.0 Å². The van der Waals surface area contributed by atoms with Crippen LogP contribution in [0.5, 0.6) is 0 Å². The van der Waals surface area contributed by atoms with Gasteiger partial charge in [0.1, 0.15) is 0 Å². The van der Waals surface area contributed by atoms with Gasteiger partial charge in [0.25, 0.3) is 0 Å². The van der Waals surface area contributed by atoms with Crippen molar-refractivity contribution >= 4 is 5.91 Å². The maximum Gasteiger partial charge on any atom is 0.225 e. The van der Waals surface area contributed by atoms with Crippen LogP contribution in [0.2, 0.25) is 0 Å². The molecule has 0 spiro atoms. The van der Waals surface area contributed by atoms with Crippen LogP contribution in [-0.2, 0) is 4.79 Å². The van der Waals surface area contributed by atoms with E-state index in [2.05, 4.69) is 11.8 Å². The van der Waals surface area contributed by atoms with E-state index in [1.165, 1.54) is 0 Å². The molecule has 17 heavy (non-hydrogen) atoms. The molecule has 1 fully saturated rings. The van der Waals surface area contributed by atoms with Gasteiger partial charge in [0, 0.05) is 32.1 Å². The van der Waals surface area contributed by atoms with E-state index in [0.717, 1.165) is 38.9 Å². The molecular formula is C13H27N3O. The number of carbonyl (C=O) groups excluding carboxylic acids is 1. The molecule has 0 aromatic heterocycles. The van der Waals surface area contributed by atoms with Gasteiger partial charge in [-0.2, -0.15) is 0 Å². The predicted molar refractivity (Wildman–Crippen MR) is 70.7 cm³/mol. The first-order valence-electron chi connectivity index (χ1n) is 6.79. The van der Waals surface area contributed by atoms with Crippen molar-refractivity contribution in [2.24, 2.45) is 11.7 Å². The highest BCUT2D eigenvalue weighted by Crippen LogP contribution is 2.17. The van der Waals surface area contributed by atoms with E-state index in [-0.39, 0.29) is 11.8 Å². The second-order valence-corrected chi connectivity index (χ2v) is 5.09. The minimum Gasteiger partial charge on any atom is -0.342 e. The molecule has 1 aliphatic rings. The molecule has 0 radical (unpaired) electrons. The highest BCUT2D eigenvalue weighted by atomic mass is 16.2. The van der Waals surface area contributed by atoms with Crippen LogP contribution in [0.15, 0.2) is 0 Å². The second kappa shape index (κ2) is 6.97. The average molecular weight is 241 g/mol. The van der Waals surface area contributed by atoms with Crippen LogP contribution in [0.4, 0.5) is 0 Å². The Bertz CT molecular complexity index is 237. The van der Waals surface area contributed by atoms with Crippen LogP contribution in [0.1, 0.15) is 33.1 Å². The third-order valence-electron chi connectivity index (χ3n) is 3.92. The summed E-state index contributed by atoms with van der Waals surface area (Å²) in [5, 5.41) is 0. The normalized spacial score (nSPS) is 20.2.